The number of aromatic nitrogens is 2. The fourth-order valence-electron chi connectivity index (χ4n) is 3.62. The Labute approximate surface area is 188 Å². The monoisotopic (exact) mass is 435 g/mol. The van der Waals surface area contributed by atoms with E-state index in [-0.39, 0.29) is 11.9 Å². The maximum atomic E-state index is 12.7. The van der Waals surface area contributed by atoms with Crippen LogP contribution in [0.15, 0.2) is 53.1 Å². The predicted molar refractivity (Wildman–Crippen MR) is 124 cm³/mol. The molecule has 168 valence electrons. The summed E-state index contributed by atoms with van der Waals surface area (Å²) < 4.78 is 10.9. The lowest BCUT2D eigenvalue weighted by Gasteiger charge is -2.36. The molecule has 1 aliphatic rings. The van der Waals surface area contributed by atoms with Crippen molar-refractivity contribution >= 4 is 17.4 Å². The zero-order chi connectivity index (χ0) is 22.5. The Hall–Kier alpha value is -3.55. The van der Waals surface area contributed by atoms with Gasteiger partial charge in [-0.25, -0.2) is 4.79 Å². The number of nitrogens with zero attached hydrogens (tertiary/aromatic N) is 4. The van der Waals surface area contributed by atoms with Gasteiger partial charge in [0.15, 0.2) is 0 Å². The van der Waals surface area contributed by atoms with Gasteiger partial charge in [0.25, 0.3) is 0 Å². The molecule has 1 saturated heterocycles. The van der Waals surface area contributed by atoms with Gasteiger partial charge in [-0.3, -0.25) is 0 Å². The van der Waals surface area contributed by atoms with Crippen LogP contribution in [0.5, 0.6) is 5.75 Å². The largest absolute Gasteiger partial charge is 0.492 e. The van der Waals surface area contributed by atoms with Gasteiger partial charge < -0.3 is 24.4 Å². The van der Waals surface area contributed by atoms with Crippen LogP contribution in [0.1, 0.15) is 32.6 Å². The molecule has 2 heterocycles. The van der Waals surface area contributed by atoms with Crippen molar-refractivity contribution in [3.8, 4) is 17.1 Å². The van der Waals surface area contributed by atoms with Gasteiger partial charge in [0.1, 0.15) is 5.75 Å². The van der Waals surface area contributed by atoms with Crippen LogP contribution in [-0.2, 0) is 0 Å². The summed E-state index contributed by atoms with van der Waals surface area (Å²) in [6.07, 6.45) is 0. The zero-order valence-corrected chi connectivity index (χ0v) is 18.7. The van der Waals surface area contributed by atoms with Crippen molar-refractivity contribution in [2.45, 2.75) is 26.7 Å². The molecule has 32 heavy (non-hydrogen) atoms. The summed E-state index contributed by atoms with van der Waals surface area (Å²) in [5.74, 6) is 2.14. The maximum absolute atomic E-state index is 12.7. The van der Waals surface area contributed by atoms with Gasteiger partial charge in [0.05, 0.1) is 12.3 Å². The van der Waals surface area contributed by atoms with E-state index >= 15 is 0 Å². The topological polar surface area (TPSA) is 83.7 Å². The molecule has 0 atom stereocenters. The first-order chi connectivity index (χ1) is 15.5. The minimum atomic E-state index is -0.106. The smallest absolute Gasteiger partial charge is 0.322 e. The number of amides is 2. The van der Waals surface area contributed by atoms with Crippen LogP contribution in [0.3, 0.4) is 0 Å². The molecular weight excluding hydrogens is 406 g/mol. The Morgan fingerprint density at radius 2 is 1.81 bits per heavy atom. The van der Waals surface area contributed by atoms with Gasteiger partial charge in [-0.05, 0) is 43.3 Å². The molecule has 1 N–H and O–H groups in total. The maximum Gasteiger partial charge on any atom is 0.322 e. The van der Waals surface area contributed by atoms with E-state index in [1.54, 1.807) is 0 Å². The zero-order valence-electron chi connectivity index (χ0n) is 18.7. The highest BCUT2D eigenvalue weighted by molar-refractivity contribution is 5.91. The summed E-state index contributed by atoms with van der Waals surface area (Å²) in [4.78, 5) is 21.3. The molecule has 0 spiro atoms. The number of hydrogen-bond donors (Lipinski definition) is 1. The average Bonchev–Trinajstić information content (AvgIpc) is 3.32. The molecule has 1 aromatic heterocycles. The number of hydrogen-bond acceptors (Lipinski definition) is 6. The molecule has 1 fully saturated rings. The van der Waals surface area contributed by atoms with Gasteiger partial charge in [0.2, 0.25) is 11.7 Å². The highest BCUT2D eigenvalue weighted by Gasteiger charge is 2.22. The quantitative estimate of drug-likeness (QED) is 0.609. The number of ether oxygens (including phenoxy) is 1. The van der Waals surface area contributed by atoms with Crippen LogP contribution in [0, 0.1) is 0 Å². The van der Waals surface area contributed by atoms with Crippen molar-refractivity contribution in [1.29, 1.82) is 0 Å². The van der Waals surface area contributed by atoms with Crippen molar-refractivity contribution in [3.63, 3.8) is 0 Å². The number of urea groups is 1. The van der Waals surface area contributed by atoms with Crippen molar-refractivity contribution in [2.24, 2.45) is 0 Å². The van der Waals surface area contributed by atoms with Gasteiger partial charge in [-0.2, -0.15) is 4.98 Å². The van der Waals surface area contributed by atoms with E-state index < -0.39 is 0 Å². The minimum absolute atomic E-state index is 0.106. The molecule has 4 rings (SSSR count). The number of benzene rings is 2. The Kier molecular flexibility index (Phi) is 6.58. The van der Waals surface area contributed by atoms with E-state index in [1.807, 2.05) is 62.1 Å². The van der Waals surface area contributed by atoms with E-state index in [0.29, 0.717) is 42.8 Å². The van der Waals surface area contributed by atoms with Crippen LogP contribution in [0.2, 0.25) is 0 Å². The van der Waals surface area contributed by atoms with Crippen LogP contribution >= 0.6 is 0 Å². The number of para-hydroxylation sites is 2. The molecular formula is C24H29N5O3. The molecule has 0 saturated carbocycles. The summed E-state index contributed by atoms with van der Waals surface area (Å²) in [6, 6.07) is 15.5. The van der Waals surface area contributed by atoms with Gasteiger partial charge in [0, 0.05) is 43.3 Å². The van der Waals surface area contributed by atoms with Crippen molar-refractivity contribution < 1.29 is 14.1 Å². The Morgan fingerprint density at radius 3 is 2.47 bits per heavy atom. The molecule has 0 bridgehead atoms. The summed E-state index contributed by atoms with van der Waals surface area (Å²) >= 11 is 0. The third kappa shape index (κ3) is 4.85. The van der Waals surface area contributed by atoms with Gasteiger partial charge >= 0.3 is 6.03 Å². The highest BCUT2D eigenvalue weighted by Crippen LogP contribution is 2.26. The van der Waals surface area contributed by atoms with Crippen LogP contribution in [0.25, 0.3) is 11.4 Å². The van der Waals surface area contributed by atoms with E-state index in [0.717, 1.165) is 24.3 Å². The lowest BCUT2D eigenvalue weighted by Crippen LogP contribution is -2.50. The van der Waals surface area contributed by atoms with E-state index in [4.69, 9.17) is 9.26 Å². The normalized spacial score (nSPS) is 14.0. The predicted octanol–water partition coefficient (Wildman–Crippen LogP) is 4.61. The van der Waals surface area contributed by atoms with Gasteiger partial charge in [-0.1, -0.05) is 31.1 Å². The second-order valence-electron chi connectivity index (χ2n) is 7.99. The van der Waals surface area contributed by atoms with E-state index in [1.165, 1.54) is 0 Å². The van der Waals surface area contributed by atoms with E-state index in [9.17, 15) is 4.79 Å². The third-order valence-electron chi connectivity index (χ3n) is 5.42. The van der Waals surface area contributed by atoms with Gasteiger partial charge in [-0.15, -0.1) is 0 Å². The summed E-state index contributed by atoms with van der Waals surface area (Å²) in [6.45, 7) is 9.35. The van der Waals surface area contributed by atoms with Crippen LogP contribution < -0.4 is 15.0 Å². The average molecular weight is 436 g/mol. The molecule has 0 radical (unpaired) electrons. The van der Waals surface area contributed by atoms with Crippen LogP contribution in [0.4, 0.5) is 16.2 Å². The van der Waals surface area contributed by atoms with Crippen molar-refractivity contribution in [2.75, 3.05) is 43.0 Å². The number of carbonyl (C=O) groups is 1. The Balaban J connectivity index is 1.34. The minimum Gasteiger partial charge on any atom is -0.492 e. The number of anilines is 2. The molecule has 8 heteroatoms. The fraction of sp³-hybridized carbons (Fsp3) is 0.375. The summed E-state index contributed by atoms with van der Waals surface area (Å²) in [5, 5.41) is 7.05. The molecule has 8 nitrogen and oxygen atoms in total. The first-order valence-corrected chi connectivity index (χ1v) is 11.0. The fourth-order valence-corrected chi connectivity index (χ4v) is 3.62. The summed E-state index contributed by atoms with van der Waals surface area (Å²) in [7, 11) is 0. The molecule has 3 aromatic rings. The standard InChI is InChI=1S/C24H29N5O3/c1-4-31-21-8-6-5-7-20(21)25-24(30)29-15-13-28(14-16-29)19-11-9-18(10-12-19)22-26-23(17(2)3)32-27-22/h5-12,17H,4,13-16H2,1-3H3,(H,25,30). The lowest BCUT2D eigenvalue weighted by molar-refractivity contribution is 0.208. The van der Waals surface area contributed by atoms with Crippen molar-refractivity contribution in [3.05, 3.63) is 54.4 Å². The first-order valence-electron chi connectivity index (χ1n) is 11.0. The van der Waals surface area contributed by atoms with E-state index in [2.05, 4.69) is 32.5 Å². The third-order valence-corrected chi connectivity index (χ3v) is 5.42. The molecule has 0 aliphatic carbocycles. The summed E-state index contributed by atoms with van der Waals surface area (Å²) in [5.41, 5.74) is 2.73. The number of rotatable bonds is 6. The van der Waals surface area contributed by atoms with Crippen molar-refractivity contribution in [1.82, 2.24) is 15.0 Å². The van der Waals surface area contributed by atoms with Crippen LogP contribution in [-0.4, -0.2) is 53.9 Å². The molecule has 1 aliphatic heterocycles. The number of piperazine rings is 1. The molecule has 0 unspecified atom stereocenters. The lowest BCUT2D eigenvalue weighted by atomic mass is 10.1. The second-order valence-corrected chi connectivity index (χ2v) is 7.99. The number of carbonyl (C=O) groups excluding carboxylic acids is 1. The molecule has 2 aromatic carbocycles. The first kappa shape index (κ1) is 21.7. The highest BCUT2D eigenvalue weighted by atomic mass is 16.5. The molecule has 2 amide bonds. The SMILES string of the molecule is CCOc1ccccc1NC(=O)N1CCN(c2ccc(-c3noc(C(C)C)n3)cc2)CC1. The Bertz CT molecular complexity index is 1040. The second kappa shape index (κ2) is 9.72. The Morgan fingerprint density at radius 1 is 1.09 bits per heavy atom. The number of nitrogens with one attached hydrogen (secondary N) is 1.